The molecule has 0 amide bonds. The van der Waals surface area contributed by atoms with Crippen molar-refractivity contribution in [2.24, 2.45) is 0 Å². The molecule has 0 fully saturated rings. The molecule has 0 unspecified atom stereocenters. The van der Waals surface area contributed by atoms with Gasteiger partial charge in [0.2, 0.25) is 0 Å². The van der Waals surface area contributed by atoms with Crippen LogP contribution in [0, 0.1) is 0 Å². The molecule has 0 aromatic rings. The maximum atomic E-state index is 11.8. The van der Waals surface area contributed by atoms with Gasteiger partial charge in [-0.15, -0.1) is 9.35 Å². The maximum Gasteiger partial charge on any atom is 0.388 e. The SMILES string of the molecule is CCOOP(=O)(CC=CC(=O)O)OOCC. The summed E-state index contributed by atoms with van der Waals surface area (Å²) in [5.41, 5.74) is 0. The van der Waals surface area contributed by atoms with Crippen LogP contribution in [0.25, 0.3) is 0 Å². The fourth-order valence-electron chi connectivity index (χ4n) is 0.622. The van der Waals surface area contributed by atoms with E-state index in [1.54, 1.807) is 13.8 Å². The summed E-state index contributed by atoms with van der Waals surface area (Å²) in [5.74, 6) is -1.15. The van der Waals surface area contributed by atoms with Gasteiger partial charge in [0.25, 0.3) is 0 Å². The lowest BCUT2D eigenvalue weighted by molar-refractivity contribution is -0.262. The summed E-state index contributed by atoms with van der Waals surface area (Å²) < 4.78 is 20.8. The van der Waals surface area contributed by atoms with Crippen LogP contribution >= 0.6 is 7.60 Å². The zero-order chi connectivity index (χ0) is 12.4. The van der Waals surface area contributed by atoms with E-state index in [-0.39, 0.29) is 19.4 Å². The van der Waals surface area contributed by atoms with E-state index in [9.17, 15) is 9.36 Å². The average molecular weight is 254 g/mol. The number of carboxylic acids is 1. The molecule has 16 heavy (non-hydrogen) atoms. The van der Waals surface area contributed by atoms with E-state index in [1.165, 1.54) is 0 Å². The van der Waals surface area contributed by atoms with Gasteiger partial charge in [0, 0.05) is 6.08 Å². The molecular weight excluding hydrogens is 239 g/mol. The Hall–Kier alpha value is -0.720. The summed E-state index contributed by atoms with van der Waals surface area (Å²) in [6.07, 6.45) is 1.72. The Morgan fingerprint density at radius 1 is 1.25 bits per heavy atom. The first-order valence-electron chi connectivity index (χ1n) is 4.65. The van der Waals surface area contributed by atoms with Gasteiger partial charge in [-0.1, -0.05) is 6.08 Å². The van der Waals surface area contributed by atoms with Gasteiger partial charge < -0.3 is 5.11 Å². The van der Waals surface area contributed by atoms with Crippen molar-refractivity contribution < 1.29 is 33.6 Å². The second kappa shape index (κ2) is 8.43. The van der Waals surface area contributed by atoms with E-state index in [2.05, 4.69) is 19.1 Å². The van der Waals surface area contributed by atoms with Crippen LogP contribution in [0.2, 0.25) is 0 Å². The molecule has 94 valence electrons. The molecule has 0 aliphatic heterocycles. The third-order valence-corrected chi connectivity index (χ3v) is 2.48. The van der Waals surface area contributed by atoms with E-state index in [0.717, 1.165) is 12.2 Å². The smallest absolute Gasteiger partial charge is 0.388 e. The molecule has 8 heteroatoms. The molecule has 1 N–H and O–H groups in total. The highest BCUT2D eigenvalue weighted by molar-refractivity contribution is 7.53. The Morgan fingerprint density at radius 3 is 2.12 bits per heavy atom. The number of hydrogen-bond acceptors (Lipinski definition) is 6. The van der Waals surface area contributed by atoms with Gasteiger partial charge >= 0.3 is 13.6 Å². The summed E-state index contributed by atoms with van der Waals surface area (Å²) in [4.78, 5) is 19.2. The van der Waals surface area contributed by atoms with Crippen molar-refractivity contribution in [2.45, 2.75) is 13.8 Å². The van der Waals surface area contributed by atoms with Gasteiger partial charge in [-0.3, -0.25) is 4.57 Å². The van der Waals surface area contributed by atoms with Crippen LogP contribution < -0.4 is 0 Å². The van der Waals surface area contributed by atoms with Crippen LogP contribution in [-0.2, 0) is 28.5 Å². The molecule has 0 bridgehead atoms. The third-order valence-electron chi connectivity index (χ3n) is 1.16. The topological polar surface area (TPSA) is 91.3 Å². The number of hydrogen-bond donors (Lipinski definition) is 1. The standard InChI is InChI=1S/C8H15O7P/c1-3-12-14-16(11,15-13-4-2)7-5-6-8(9)10/h5-6H,3-4,7H2,1-2H3,(H,9,10). The van der Waals surface area contributed by atoms with Crippen molar-refractivity contribution in [2.75, 3.05) is 19.4 Å². The minimum atomic E-state index is -3.60. The van der Waals surface area contributed by atoms with Crippen LogP contribution in [0.3, 0.4) is 0 Å². The van der Waals surface area contributed by atoms with Crippen LogP contribution in [0.4, 0.5) is 0 Å². The van der Waals surface area contributed by atoms with E-state index < -0.39 is 13.6 Å². The van der Waals surface area contributed by atoms with E-state index >= 15 is 0 Å². The first-order chi connectivity index (χ1) is 7.54. The Kier molecular flexibility index (Phi) is 8.05. The molecule has 0 aromatic carbocycles. The Balaban J connectivity index is 4.28. The highest BCUT2D eigenvalue weighted by Gasteiger charge is 2.26. The molecule has 0 radical (unpaired) electrons. The van der Waals surface area contributed by atoms with Crippen LogP contribution in [0.1, 0.15) is 13.8 Å². The second-order valence-corrected chi connectivity index (χ2v) is 4.38. The van der Waals surface area contributed by atoms with Crippen molar-refractivity contribution in [1.82, 2.24) is 0 Å². The molecule has 0 saturated carbocycles. The zero-order valence-corrected chi connectivity index (χ0v) is 10.0. The van der Waals surface area contributed by atoms with Crippen molar-refractivity contribution in [3.63, 3.8) is 0 Å². The van der Waals surface area contributed by atoms with Crippen LogP contribution in [0.5, 0.6) is 0 Å². The van der Waals surface area contributed by atoms with Gasteiger partial charge in [-0.25, -0.2) is 14.6 Å². The van der Waals surface area contributed by atoms with Gasteiger partial charge in [-0.2, -0.15) is 0 Å². The maximum absolute atomic E-state index is 11.8. The molecule has 0 atom stereocenters. The third kappa shape index (κ3) is 7.56. The molecule has 0 aromatic heterocycles. The Labute approximate surface area is 93.3 Å². The highest BCUT2D eigenvalue weighted by atomic mass is 31.2. The van der Waals surface area contributed by atoms with Gasteiger partial charge in [-0.05, 0) is 13.8 Å². The highest BCUT2D eigenvalue weighted by Crippen LogP contribution is 2.48. The van der Waals surface area contributed by atoms with Crippen molar-refractivity contribution >= 4 is 13.6 Å². The molecule has 0 aliphatic rings. The predicted molar refractivity (Wildman–Crippen MR) is 54.7 cm³/mol. The first kappa shape index (κ1) is 15.3. The van der Waals surface area contributed by atoms with Crippen LogP contribution in [0.15, 0.2) is 12.2 Å². The minimum Gasteiger partial charge on any atom is -0.478 e. The van der Waals surface area contributed by atoms with E-state index in [1.807, 2.05) is 0 Å². The summed E-state index contributed by atoms with van der Waals surface area (Å²) in [5, 5.41) is 8.34. The summed E-state index contributed by atoms with van der Waals surface area (Å²) >= 11 is 0. The Morgan fingerprint density at radius 2 is 1.75 bits per heavy atom. The molecule has 0 heterocycles. The number of aliphatic carboxylic acids is 1. The van der Waals surface area contributed by atoms with E-state index in [0.29, 0.717) is 0 Å². The van der Waals surface area contributed by atoms with Crippen molar-refractivity contribution in [1.29, 1.82) is 0 Å². The van der Waals surface area contributed by atoms with Gasteiger partial charge in [0.1, 0.15) is 0 Å². The minimum absolute atomic E-state index is 0.183. The zero-order valence-electron chi connectivity index (χ0n) is 9.12. The summed E-state index contributed by atoms with van der Waals surface area (Å²) in [7, 11) is -3.60. The fraction of sp³-hybridized carbons (Fsp3) is 0.625. The molecule has 0 aliphatic carbocycles. The average Bonchev–Trinajstić information content (AvgIpc) is 2.23. The number of carbonyl (C=O) groups is 1. The second-order valence-electron chi connectivity index (χ2n) is 2.50. The molecular formula is C8H15O7P. The lowest BCUT2D eigenvalue weighted by atomic mass is 10.5. The first-order valence-corrected chi connectivity index (χ1v) is 6.37. The van der Waals surface area contributed by atoms with Gasteiger partial charge in [0.05, 0.1) is 19.4 Å². The molecule has 0 rings (SSSR count). The van der Waals surface area contributed by atoms with E-state index in [4.69, 9.17) is 5.11 Å². The quantitative estimate of drug-likeness (QED) is 0.290. The number of rotatable bonds is 9. The van der Waals surface area contributed by atoms with Crippen molar-refractivity contribution in [3.8, 4) is 0 Å². The predicted octanol–water partition coefficient (Wildman–Crippen LogP) is 1.76. The molecule has 0 saturated heterocycles. The fourth-order valence-corrected chi connectivity index (χ4v) is 1.66. The number of allylic oxidation sites excluding steroid dienone is 1. The van der Waals surface area contributed by atoms with Crippen LogP contribution in [-0.4, -0.2) is 30.5 Å². The lowest BCUT2D eigenvalue weighted by Crippen LogP contribution is -2.01. The lowest BCUT2D eigenvalue weighted by Gasteiger charge is -2.13. The summed E-state index contributed by atoms with van der Waals surface area (Å²) in [6.45, 7) is 3.64. The molecule has 7 nitrogen and oxygen atoms in total. The normalized spacial score (nSPS) is 12.1. The largest absolute Gasteiger partial charge is 0.478 e. The Bertz CT molecular complexity index is 264. The number of carboxylic acid groups (broad SMARTS) is 1. The van der Waals surface area contributed by atoms with Crippen molar-refractivity contribution in [3.05, 3.63) is 12.2 Å². The monoisotopic (exact) mass is 254 g/mol. The molecule has 0 spiro atoms. The van der Waals surface area contributed by atoms with Gasteiger partial charge in [0.15, 0.2) is 0 Å². The summed E-state index contributed by atoms with van der Waals surface area (Å²) in [6, 6.07) is 0.